The molecule has 0 saturated carbocycles. The number of thiazole rings is 1. The van der Waals surface area contributed by atoms with Gasteiger partial charge in [0.15, 0.2) is 4.77 Å². The number of hydrogen-bond acceptors (Lipinski definition) is 3. The average Bonchev–Trinajstić information content (AvgIpc) is 2.82. The van der Waals surface area contributed by atoms with Crippen molar-refractivity contribution in [2.24, 2.45) is 0 Å². The van der Waals surface area contributed by atoms with Crippen molar-refractivity contribution in [3.05, 3.63) is 32.7 Å². The Morgan fingerprint density at radius 3 is 3.00 bits per heavy atom. The number of hydrogen-bond donors (Lipinski definition) is 1. The van der Waals surface area contributed by atoms with E-state index in [1.807, 2.05) is 13.1 Å². The predicted octanol–water partition coefficient (Wildman–Crippen LogP) is 3.12. The molecule has 0 aliphatic rings. The van der Waals surface area contributed by atoms with Crippen molar-refractivity contribution in [1.82, 2.24) is 14.5 Å². The van der Waals surface area contributed by atoms with Crippen molar-refractivity contribution in [2.75, 3.05) is 0 Å². The molecule has 0 aliphatic carbocycles. The van der Waals surface area contributed by atoms with Crippen LogP contribution in [0.1, 0.15) is 23.3 Å². The molecule has 0 radical (unpaired) electrons. The second-order valence-electron chi connectivity index (χ2n) is 3.72. The van der Waals surface area contributed by atoms with Crippen molar-refractivity contribution in [3.63, 3.8) is 0 Å². The van der Waals surface area contributed by atoms with E-state index in [1.54, 1.807) is 11.3 Å². The second-order valence-corrected chi connectivity index (χ2v) is 5.05. The topological polar surface area (TPSA) is 33.6 Å². The third-order valence-electron chi connectivity index (χ3n) is 2.53. The number of rotatable bonds is 4. The summed E-state index contributed by atoms with van der Waals surface area (Å²) in [7, 11) is 0. The maximum Gasteiger partial charge on any atom is 0.177 e. The van der Waals surface area contributed by atoms with Crippen molar-refractivity contribution in [1.29, 1.82) is 0 Å². The molecule has 2 aromatic heterocycles. The molecule has 1 N–H and O–H groups in total. The van der Waals surface area contributed by atoms with Crippen LogP contribution in [0.4, 0.5) is 0 Å². The SMILES string of the molecule is CCc1c[nH]c(=S)n1CCc1nc(C)cs1. The molecular formula is C11H15N3S2. The zero-order chi connectivity index (χ0) is 11.5. The molecule has 3 nitrogen and oxygen atoms in total. The van der Waals surface area contributed by atoms with Crippen molar-refractivity contribution in [2.45, 2.75) is 33.2 Å². The molecule has 0 spiro atoms. The minimum Gasteiger partial charge on any atom is -0.337 e. The van der Waals surface area contributed by atoms with Gasteiger partial charge in [-0.1, -0.05) is 6.92 Å². The van der Waals surface area contributed by atoms with Gasteiger partial charge in [-0.2, -0.15) is 0 Å². The lowest BCUT2D eigenvalue weighted by atomic mass is 10.3. The molecule has 0 unspecified atom stereocenters. The van der Waals surface area contributed by atoms with Crippen LogP contribution in [0, 0.1) is 11.7 Å². The van der Waals surface area contributed by atoms with Gasteiger partial charge in [-0.05, 0) is 25.6 Å². The Kier molecular flexibility index (Phi) is 3.56. The Morgan fingerprint density at radius 2 is 2.38 bits per heavy atom. The first kappa shape index (κ1) is 11.5. The molecule has 0 amide bonds. The van der Waals surface area contributed by atoms with Crippen LogP contribution >= 0.6 is 23.6 Å². The maximum atomic E-state index is 5.25. The summed E-state index contributed by atoms with van der Waals surface area (Å²) >= 11 is 6.97. The molecule has 0 atom stereocenters. The number of aryl methyl sites for hydroxylation is 3. The Bertz CT molecular complexity index is 521. The van der Waals surface area contributed by atoms with Gasteiger partial charge in [0.25, 0.3) is 0 Å². The highest BCUT2D eigenvalue weighted by molar-refractivity contribution is 7.71. The highest BCUT2D eigenvalue weighted by Gasteiger charge is 2.04. The number of H-pyrrole nitrogens is 1. The Hall–Kier alpha value is -0.940. The standard InChI is InChI=1S/C11H15N3S2/c1-3-9-6-12-11(15)14(9)5-4-10-13-8(2)7-16-10/h6-7H,3-5H2,1-2H3,(H,12,15). The van der Waals surface area contributed by atoms with E-state index in [0.29, 0.717) is 0 Å². The van der Waals surface area contributed by atoms with E-state index in [1.165, 1.54) is 10.7 Å². The lowest BCUT2D eigenvalue weighted by Crippen LogP contribution is -2.05. The van der Waals surface area contributed by atoms with Crippen molar-refractivity contribution >= 4 is 23.6 Å². The molecular weight excluding hydrogens is 238 g/mol. The fourth-order valence-electron chi connectivity index (χ4n) is 1.69. The summed E-state index contributed by atoms with van der Waals surface area (Å²) in [4.78, 5) is 7.55. The summed E-state index contributed by atoms with van der Waals surface area (Å²) in [6.45, 7) is 5.08. The van der Waals surface area contributed by atoms with Crippen LogP contribution in [-0.2, 0) is 19.4 Å². The van der Waals surface area contributed by atoms with E-state index in [-0.39, 0.29) is 0 Å². The first-order chi connectivity index (χ1) is 7.70. The minimum atomic E-state index is 0.810. The largest absolute Gasteiger partial charge is 0.337 e. The van der Waals surface area contributed by atoms with Crippen LogP contribution in [0.25, 0.3) is 0 Å². The number of nitrogens with zero attached hydrogens (tertiary/aromatic N) is 2. The molecule has 2 aromatic rings. The molecule has 2 heterocycles. The average molecular weight is 253 g/mol. The summed E-state index contributed by atoms with van der Waals surface area (Å²) < 4.78 is 2.97. The molecule has 16 heavy (non-hydrogen) atoms. The summed E-state index contributed by atoms with van der Waals surface area (Å²) in [5.74, 6) is 0. The Morgan fingerprint density at radius 1 is 1.56 bits per heavy atom. The molecule has 0 fully saturated rings. The third-order valence-corrected chi connectivity index (χ3v) is 3.90. The molecule has 5 heteroatoms. The van der Waals surface area contributed by atoms with Crippen LogP contribution < -0.4 is 0 Å². The van der Waals surface area contributed by atoms with Gasteiger partial charge < -0.3 is 9.55 Å². The van der Waals surface area contributed by atoms with Gasteiger partial charge >= 0.3 is 0 Å². The summed E-state index contributed by atoms with van der Waals surface area (Å²) in [5, 5.41) is 3.27. The van der Waals surface area contributed by atoms with Gasteiger partial charge in [0.05, 0.1) is 5.01 Å². The van der Waals surface area contributed by atoms with E-state index < -0.39 is 0 Å². The molecule has 86 valence electrons. The van der Waals surface area contributed by atoms with E-state index in [9.17, 15) is 0 Å². The lowest BCUT2D eigenvalue weighted by molar-refractivity contribution is 0.653. The molecule has 0 aliphatic heterocycles. The molecule has 2 rings (SSSR count). The van der Waals surface area contributed by atoms with Crippen LogP contribution in [0.2, 0.25) is 0 Å². The van der Waals surface area contributed by atoms with E-state index in [4.69, 9.17) is 12.2 Å². The van der Waals surface area contributed by atoms with Gasteiger partial charge in [0.1, 0.15) is 0 Å². The first-order valence-electron chi connectivity index (χ1n) is 5.38. The van der Waals surface area contributed by atoms with Crippen molar-refractivity contribution < 1.29 is 0 Å². The Balaban J connectivity index is 2.09. The molecule has 0 bridgehead atoms. The maximum absolute atomic E-state index is 5.25. The van der Waals surface area contributed by atoms with Crippen LogP contribution in [-0.4, -0.2) is 14.5 Å². The summed E-state index contributed by atoms with van der Waals surface area (Å²) in [5.41, 5.74) is 2.37. The molecule has 0 saturated heterocycles. The van der Waals surface area contributed by atoms with E-state index in [2.05, 4.69) is 26.8 Å². The zero-order valence-corrected chi connectivity index (χ0v) is 11.1. The fourth-order valence-corrected chi connectivity index (χ4v) is 2.73. The highest BCUT2D eigenvalue weighted by atomic mass is 32.1. The first-order valence-corrected chi connectivity index (χ1v) is 6.67. The molecule has 0 aromatic carbocycles. The predicted molar refractivity (Wildman–Crippen MR) is 69.5 cm³/mol. The quantitative estimate of drug-likeness (QED) is 0.849. The fraction of sp³-hybridized carbons (Fsp3) is 0.455. The number of aromatic amines is 1. The van der Waals surface area contributed by atoms with Crippen LogP contribution in [0.3, 0.4) is 0 Å². The number of aromatic nitrogens is 3. The van der Waals surface area contributed by atoms with Gasteiger partial charge in [0, 0.05) is 35.9 Å². The monoisotopic (exact) mass is 253 g/mol. The normalized spacial score (nSPS) is 10.9. The van der Waals surface area contributed by atoms with Crippen LogP contribution in [0.5, 0.6) is 0 Å². The number of imidazole rings is 1. The zero-order valence-electron chi connectivity index (χ0n) is 9.49. The number of nitrogens with one attached hydrogen (secondary N) is 1. The van der Waals surface area contributed by atoms with Crippen LogP contribution in [0.15, 0.2) is 11.6 Å². The summed E-state index contributed by atoms with van der Waals surface area (Å²) in [6, 6.07) is 0. The van der Waals surface area contributed by atoms with Gasteiger partial charge in [-0.25, -0.2) is 4.98 Å². The third kappa shape index (κ3) is 2.41. The highest BCUT2D eigenvalue weighted by Crippen LogP contribution is 2.11. The van der Waals surface area contributed by atoms with Crippen molar-refractivity contribution in [3.8, 4) is 0 Å². The summed E-state index contributed by atoms with van der Waals surface area (Å²) in [6.07, 6.45) is 3.96. The lowest BCUT2D eigenvalue weighted by Gasteiger charge is -2.04. The smallest absolute Gasteiger partial charge is 0.177 e. The van der Waals surface area contributed by atoms with Gasteiger partial charge in [-0.3, -0.25) is 0 Å². The van der Waals surface area contributed by atoms with Gasteiger partial charge in [-0.15, -0.1) is 11.3 Å². The Labute approximate surface area is 104 Å². The van der Waals surface area contributed by atoms with E-state index in [0.717, 1.165) is 29.9 Å². The van der Waals surface area contributed by atoms with E-state index >= 15 is 0 Å². The van der Waals surface area contributed by atoms with Gasteiger partial charge in [0.2, 0.25) is 0 Å². The second kappa shape index (κ2) is 4.93. The minimum absolute atomic E-state index is 0.810.